The number of sulfonamides is 1. The lowest BCUT2D eigenvalue weighted by Gasteiger charge is -2.31. The van der Waals surface area contributed by atoms with Crippen LogP contribution in [0.5, 0.6) is 11.8 Å². The summed E-state index contributed by atoms with van der Waals surface area (Å²) in [6, 6.07) is 5.93. The Morgan fingerprint density at radius 1 is 1.30 bits per heavy atom. The molecule has 0 bridgehead atoms. The average Bonchev–Trinajstić information content (AvgIpc) is 2.68. The first kappa shape index (κ1) is 19.1. The number of nitrogens with zero attached hydrogens (tertiary/aromatic N) is 3. The van der Waals surface area contributed by atoms with Crippen molar-refractivity contribution in [3.05, 3.63) is 42.2 Å². The predicted octanol–water partition coefficient (Wildman–Crippen LogP) is 0.816. The van der Waals surface area contributed by atoms with E-state index in [4.69, 9.17) is 15.2 Å². The maximum atomic E-state index is 13.0. The molecule has 1 atom stereocenters. The second kappa shape index (κ2) is 7.89. The molecule has 1 unspecified atom stereocenters. The molecule has 1 saturated heterocycles. The molecule has 1 amide bonds. The molecule has 1 aliphatic rings. The van der Waals surface area contributed by atoms with Gasteiger partial charge in [0.05, 0.1) is 24.1 Å². The lowest BCUT2D eigenvalue weighted by Crippen LogP contribution is -2.44. The standard InChI is InChI=1S/C17H20N4O5S/c1-25-15-6-5-13(10-14(15)16(18)22)27(23,24)21-9-2-4-12(11-21)26-17-19-7-3-8-20-17/h3,5-8,10,12H,2,4,9,11H2,1H3,(H2,18,22). The number of aromatic nitrogens is 2. The zero-order valence-corrected chi connectivity index (χ0v) is 15.6. The molecule has 1 fully saturated rings. The summed E-state index contributed by atoms with van der Waals surface area (Å²) in [7, 11) is -2.44. The highest BCUT2D eigenvalue weighted by Gasteiger charge is 2.32. The van der Waals surface area contributed by atoms with E-state index < -0.39 is 15.9 Å². The van der Waals surface area contributed by atoms with Crippen molar-refractivity contribution in [2.75, 3.05) is 20.2 Å². The molecule has 1 aromatic heterocycles. The number of hydrogen-bond donors (Lipinski definition) is 1. The van der Waals surface area contributed by atoms with Crippen molar-refractivity contribution in [1.29, 1.82) is 0 Å². The van der Waals surface area contributed by atoms with Gasteiger partial charge in [-0.25, -0.2) is 18.4 Å². The van der Waals surface area contributed by atoms with Crippen LogP contribution in [0.25, 0.3) is 0 Å². The lowest BCUT2D eigenvalue weighted by atomic mass is 10.1. The number of amides is 1. The Bertz CT molecular complexity index is 920. The van der Waals surface area contributed by atoms with Crippen LogP contribution in [0.4, 0.5) is 0 Å². The number of nitrogens with two attached hydrogens (primary N) is 1. The molecule has 0 saturated carbocycles. The number of hydrogen-bond acceptors (Lipinski definition) is 7. The van der Waals surface area contributed by atoms with Crippen molar-refractivity contribution >= 4 is 15.9 Å². The summed E-state index contributed by atoms with van der Waals surface area (Å²) in [4.78, 5) is 19.6. The van der Waals surface area contributed by atoms with Crippen LogP contribution in [-0.4, -0.2) is 54.9 Å². The quantitative estimate of drug-likeness (QED) is 0.771. The van der Waals surface area contributed by atoms with Gasteiger partial charge in [0, 0.05) is 18.9 Å². The maximum absolute atomic E-state index is 13.0. The normalized spacial score (nSPS) is 18.0. The first-order chi connectivity index (χ1) is 12.9. The molecular weight excluding hydrogens is 372 g/mol. The topological polar surface area (TPSA) is 125 Å². The molecule has 0 aliphatic carbocycles. The highest BCUT2D eigenvalue weighted by atomic mass is 32.2. The van der Waals surface area contributed by atoms with E-state index in [1.807, 2.05) is 0 Å². The highest BCUT2D eigenvalue weighted by molar-refractivity contribution is 7.89. The van der Waals surface area contributed by atoms with Crippen LogP contribution >= 0.6 is 0 Å². The summed E-state index contributed by atoms with van der Waals surface area (Å²) in [5, 5.41) is 0. The minimum Gasteiger partial charge on any atom is -0.496 e. The van der Waals surface area contributed by atoms with Crippen LogP contribution in [0.15, 0.2) is 41.6 Å². The summed E-state index contributed by atoms with van der Waals surface area (Å²) < 4.78 is 38.1. The Hall–Kier alpha value is -2.72. The Balaban J connectivity index is 1.82. The van der Waals surface area contributed by atoms with Crippen LogP contribution in [-0.2, 0) is 10.0 Å². The monoisotopic (exact) mass is 392 g/mol. The number of piperidine rings is 1. The second-order valence-corrected chi connectivity index (χ2v) is 7.94. The third-order valence-corrected chi connectivity index (χ3v) is 6.09. The van der Waals surface area contributed by atoms with Gasteiger partial charge < -0.3 is 15.2 Å². The molecule has 0 radical (unpaired) electrons. The summed E-state index contributed by atoms with van der Waals surface area (Å²) in [6.07, 6.45) is 4.09. The van der Waals surface area contributed by atoms with E-state index in [2.05, 4.69) is 9.97 Å². The van der Waals surface area contributed by atoms with Crippen molar-refractivity contribution in [2.45, 2.75) is 23.8 Å². The zero-order chi connectivity index (χ0) is 19.4. The number of benzene rings is 1. The molecule has 1 aliphatic heterocycles. The summed E-state index contributed by atoms with van der Waals surface area (Å²) in [5.74, 6) is -0.535. The van der Waals surface area contributed by atoms with Crippen LogP contribution < -0.4 is 15.2 Å². The molecule has 2 aromatic rings. The fourth-order valence-corrected chi connectivity index (χ4v) is 4.44. The largest absolute Gasteiger partial charge is 0.496 e. The molecule has 10 heteroatoms. The van der Waals surface area contributed by atoms with Crippen molar-refractivity contribution in [3.63, 3.8) is 0 Å². The Labute approximate surface area is 157 Å². The van der Waals surface area contributed by atoms with Gasteiger partial charge in [-0.3, -0.25) is 4.79 Å². The SMILES string of the molecule is COc1ccc(S(=O)(=O)N2CCCC(Oc3ncccn3)C2)cc1C(N)=O. The summed E-state index contributed by atoms with van der Waals surface area (Å²) >= 11 is 0. The van der Waals surface area contributed by atoms with Crippen molar-refractivity contribution in [2.24, 2.45) is 5.73 Å². The molecular formula is C17H20N4O5S. The van der Waals surface area contributed by atoms with E-state index in [9.17, 15) is 13.2 Å². The van der Waals surface area contributed by atoms with E-state index >= 15 is 0 Å². The summed E-state index contributed by atoms with van der Waals surface area (Å²) in [5.41, 5.74) is 5.34. The van der Waals surface area contributed by atoms with Gasteiger partial charge in [0.25, 0.3) is 5.91 Å². The summed E-state index contributed by atoms with van der Waals surface area (Å²) in [6.45, 7) is 0.522. The number of methoxy groups -OCH3 is 1. The van der Waals surface area contributed by atoms with Gasteiger partial charge >= 0.3 is 6.01 Å². The molecule has 2 heterocycles. The van der Waals surface area contributed by atoms with Crippen LogP contribution in [0, 0.1) is 0 Å². The number of rotatable bonds is 6. The average molecular weight is 392 g/mol. The van der Waals surface area contributed by atoms with Crippen LogP contribution in [0.2, 0.25) is 0 Å². The van der Waals surface area contributed by atoms with Gasteiger partial charge in [-0.15, -0.1) is 0 Å². The predicted molar refractivity (Wildman–Crippen MR) is 96.0 cm³/mol. The third kappa shape index (κ3) is 4.17. The van der Waals surface area contributed by atoms with Crippen molar-refractivity contribution in [3.8, 4) is 11.8 Å². The van der Waals surface area contributed by atoms with Gasteiger partial charge in [-0.05, 0) is 37.1 Å². The third-order valence-electron chi connectivity index (χ3n) is 4.23. The lowest BCUT2D eigenvalue weighted by molar-refractivity contribution is 0.0997. The molecule has 0 spiro atoms. The maximum Gasteiger partial charge on any atom is 0.316 e. The Kier molecular flexibility index (Phi) is 5.57. The fraction of sp³-hybridized carbons (Fsp3) is 0.353. The van der Waals surface area contributed by atoms with E-state index in [1.54, 1.807) is 18.5 Å². The van der Waals surface area contributed by atoms with Gasteiger partial charge in [0.15, 0.2) is 0 Å². The van der Waals surface area contributed by atoms with E-state index in [-0.39, 0.29) is 34.9 Å². The molecule has 1 aromatic carbocycles. The van der Waals surface area contributed by atoms with Crippen molar-refractivity contribution < 1.29 is 22.7 Å². The van der Waals surface area contributed by atoms with Gasteiger partial charge in [-0.1, -0.05) is 0 Å². The number of ether oxygens (including phenoxy) is 2. The molecule has 144 valence electrons. The van der Waals surface area contributed by atoms with Gasteiger partial charge in [0.1, 0.15) is 11.9 Å². The number of carbonyl (C=O) groups excluding carboxylic acids is 1. The van der Waals surface area contributed by atoms with E-state index in [1.165, 1.54) is 29.6 Å². The van der Waals surface area contributed by atoms with E-state index in [0.717, 1.165) is 0 Å². The number of primary amides is 1. The molecule has 3 rings (SSSR count). The highest BCUT2D eigenvalue weighted by Crippen LogP contribution is 2.26. The van der Waals surface area contributed by atoms with Crippen molar-refractivity contribution in [1.82, 2.24) is 14.3 Å². The first-order valence-electron chi connectivity index (χ1n) is 8.33. The Morgan fingerprint density at radius 3 is 2.70 bits per heavy atom. The number of carbonyl (C=O) groups is 1. The second-order valence-electron chi connectivity index (χ2n) is 6.00. The minimum absolute atomic E-state index is 0.0149. The first-order valence-corrected chi connectivity index (χ1v) is 9.77. The van der Waals surface area contributed by atoms with Crippen LogP contribution in [0.1, 0.15) is 23.2 Å². The minimum atomic E-state index is -3.82. The smallest absolute Gasteiger partial charge is 0.316 e. The Morgan fingerprint density at radius 2 is 2.04 bits per heavy atom. The molecule has 2 N–H and O–H groups in total. The van der Waals surface area contributed by atoms with Gasteiger partial charge in [0.2, 0.25) is 10.0 Å². The molecule has 27 heavy (non-hydrogen) atoms. The fourth-order valence-electron chi connectivity index (χ4n) is 2.90. The van der Waals surface area contributed by atoms with Gasteiger partial charge in [-0.2, -0.15) is 4.31 Å². The van der Waals surface area contributed by atoms with E-state index in [0.29, 0.717) is 19.4 Å². The van der Waals surface area contributed by atoms with Crippen LogP contribution in [0.3, 0.4) is 0 Å². The molecule has 9 nitrogen and oxygen atoms in total. The zero-order valence-electron chi connectivity index (χ0n) is 14.7.